The number of nitrogens with one attached hydrogen (secondary N) is 1. The summed E-state index contributed by atoms with van der Waals surface area (Å²) in [5.74, 6) is -0.112. The molecule has 0 aliphatic heterocycles. The van der Waals surface area contributed by atoms with Crippen LogP contribution in [0.2, 0.25) is 0 Å². The Hall–Kier alpha value is -1.12. The second kappa shape index (κ2) is 4.04. The number of hydrogen-bond donors (Lipinski definition) is 1. The molecule has 0 aromatic rings. The molecule has 3 nitrogen and oxygen atoms in total. The first-order valence-electron chi connectivity index (χ1n) is 4.21. The number of carbonyl (C=O) groups is 2. The van der Waals surface area contributed by atoms with Crippen LogP contribution in [0.3, 0.4) is 0 Å². The second-order valence-corrected chi connectivity index (χ2v) is 2.97. The zero-order valence-corrected chi connectivity index (χ0v) is 7.22. The van der Waals surface area contributed by atoms with Gasteiger partial charge in [0.1, 0.15) is 0 Å². The van der Waals surface area contributed by atoms with Gasteiger partial charge in [-0.15, -0.1) is 0 Å². The molecule has 12 heavy (non-hydrogen) atoms. The van der Waals surface area contributed by atoms with E-state index in [4.69, 9.17) is 0 Å². The lowest BCUT2D eigenvalue weighted by Crippen LogP contribution is -2.24. The summed E-state index contributed by atoms with van der Waals surface area (Å²) in [5, 5.41) is 2.54. The van der Waals surface area contributed by atoms with Gasteiger partial charge in [0.05, 0.1) is 5.70 Å². The lowest BCUT2D eigenvalue weighted by Gasteiger charge is -2.03. The predicted octanol–water partition coefficient (Wildman–Crippen LogP) is 1.15. The van der Waals surface area contributed by atoms with Crippen LogP contribution in [0, 0.1) is 0 Å². The molecule has 3 heteroatoms. The zero-order chi connectivity index (χ0) is 8.97. The van der Waals surface area contributed by atoms with E-state index in [9.17, 15) is 9.59 Å². The Morgan fingerprint density at radius 1 is 1.50 bits per heavy atom. The first-order chi connectivity index (χ1) is 5.70. The minimum atomic E-state index is -0.170. The maximum absolute atomic E-state index is 11.3. The maximum Gasteiger partial charge on any atom is 0.221 e. The van der Waals surface area contributed by atoms with E-state index in [1.807, 2.05) is 6.08 Å². The van der Waals surface area contributed by atoms with Crippen LogP contribution in [0.15, 0.2) is 11.8 Å². The molecule has 1 aliphatic rings. The highest BCUT2D eigenvalue weighted by Crippen LogP contribution is 2.11. The largest absolute Gasteiger partial charge is 0.324 e. The molecule has 0 unspecified atom stereocenters. The van der Waals surface area contributed by atoms with Crippen LogP contribution in [0.4, 0.5) is 0 Å². The standard InChI is InChI=1S/C9H13NO2/c1-7(11)10-8-5-3-2-4-6-9(8)12/h5H,2-4,6H2,1H3,(H,10,11). The van der Waals surface area contributed by atoms with Crippen molar-refractivity contribution in [1.29, 1.82) is 0 Å². The van der Waals surface area contributed by atoms with Crippen LogP contribution < -0.4 is 5.32 Å². The molecule has 0 aromatic heterocycles. The minimum Gasteiger partial charge on any atom is -0.324 e. The van der Waals surface area contributed by atoms with Gasteiger partial charge in [0.15, 0.2) is 5.78 Å². The normalized spacial score (nSPS) is 18.1. The van der Waals surface area contributed by atoms with Crippen molar-refractivity contribution in [3.8, 4) is 0 Å². The predicted molar refractivity (Wildman–Crippen MR) is 45.4 cm³/mol. The SMILES string of the molecule is CC(=O)NC1=CCCCCC1=O. The molecule has 1 amide bonds. The number of Topliss-reactive ketones (excluding diaryl/α,β-unsaturated/α-hetero) is 1. The molecule has 0 aromatic carbocycles. The number of allylic oxidation sites excluding steroid dienone is 2. The Morgan fingerprint density at radius 3 is 2.92 bits per heavy atom. The van der Waals surface area contributed by atoms with E-state index in [2.05, 4.69) is 5.32 Å². The van der Waals surface area contributed by atoms with Crippen molar-refractivity contribution in [2.45, 2.75) is 32.6 Å². The van der Waals surface area contributed by atoms with Crippen LogP contribution in [-0.2, 0) is 9.59 Å². The Morgan fingerprint density at radius 2 is 2.25 bits per heavy atom. The summed E-state index contributed by atoms with van der Waals surface area (Å²) in [6.45, 7) is 1.42. The lowest BCUT2D eigenvalue weighted by atomic mass is 10.2. The summed E-state index contributed by atoms with van der Waals surface area (Å²) >= 11 is 0. The molecule has 0 radical (unpaired) electrons. The van der Waals surface area contributed by atoms with E-state index in [1.54, 1.807) is 0 Å². The molecule has 66 valence electrons. The van der Waals surface area contributed by atoms with E-state index < -0.39 is 0 Å². The van der Waals surface area contributed by atoms with Crippen molar-refractivity contribution in [1.82, 2.24) is 5.32 Å². The van der Waals surface area contributed by atoms with Crippen LogP contribution in [-0.4, -0.2) is 11.7 Å². The fraction of sp³-hybridized carbons (Fsp3) is 0.556. The Balaban J connectivity index is 2.63. The molecule has 0 heterocycles. The van der Waals surface area contributed by atoms with Crippen molar-refractivity contribution < 1.29 is 9.59 Å². The number of amides is 1. The molecule has 1 N–H and O–H groups in total. The van der Waals surface area contributed by atoms with E-state index in [-0.39, 0.29) is 11.7 Å². The van der Waals surface area contributed by atoms with E-state index in [0.29, 0.717) is 12.1 Å². The maximum atomic E-state index is 11.3. The van der Waals surface area contributed by atoms with Gasteiger partial charge in [-0.05, 0) is 19.3 Å². The van der Waals surface area contributed by atoms with Crippen molar-refractivity contribution in [2.75, 3.05) is 0 Å². The second-order valence-electron chi connectivity index (χ2n) is 2.97. The van der Waals surface area contributed by atoms with Gasteiger partial charge in [-0.25, -0.2) is 0 Å². The van der Waals surface area contributed by atoms with Gasteiger partial charge in [0, 0.05) is 13.3 Å². The van der Waals surface area contributed by atoms with Crippen molar-refractivity contribution >= 4 is 11.7 Å². The van der Waals surface area contributed by atoms with Crippen molar-refractivity contribution in [2.24, 2.45) is 0 Å². The van der Waals surface area contributed by atoms with Crippen molar-refractivity contribution in [3.05, 3.63) is 11.8 Å². The third-order valence-corrected chi connectivity index (χ3v) is 1.82. The quantitative estimate of drug-likeness (QED) is 0.636. The highest BCUT2D eigenvalue weighted by Gasteiger charge is 2.12. The fourth-order valence-electron chi connectivity index (χ4n) is 1.24. The highest BCUT2D eigenvalue weighted by atomic mass is 16.2. The highest BCUT2D eigenvalue weighted by molar-refractivity contribution is 5.98. The molecule has 0 spiro atoms. The average Bonchev–Trinajstić information content (AvgIpc) is 2.16. The average molecular weight is 167 g/mol. The van der Waals surface area contributed by atoms with Gasteiger partial charge in [-0.1, -0.05) is 6.08 Å². The zero-order valence-electron chi connectivity index (χ0n) is 7.22. The Kier molecular flexibility index (Phi) is 3.02. The van der Waals surface area contributed by atoms with E-state index >= 15 is 0 Å². The van der Waals surface area contributed by atoms with E-state index in [0.717, 1.165) is 19.3 Å². The lowest BCUT2D eigenvalue weighted by molar-refractivity contribution is -0.121. The minimum absolute atomic E-state index is 0.0581. The van der Waals surface area contributed by atoms with Gasteiger partial charge in [0.2, 0.25) is 5.91 Å². The first kappa shape index (κ1) is 8.97. The third-order valence-electron chi connectivity index (χ3n) is 1.82. The summed E-state index contributed by atoms with van der Waals surface area (Å²) < 4.78 is 0. The monoisotopic (exact) mass is 167 g/mol. The van der Waals surface area contributed by atoms with Crippen LogP contribution in [0.5, 0.6) is 0 Å². The molecule has 0 saturated carbocycles. The smallest absolute Gasteiger partial charge is 0.221 e. The number of hydrogen-bond acceptors (Lipinski definition) is 2. The van der Waals surface area contributed by atoms with E-state index in [1.165, 1.54) is 6.92 Å². The summed E-state index contributed by atoms with van der Waals surface area (Å²) in [7, 11) is 0. The molecular weight excluding hydrogens is 154 g/mol. The molecule has 0 atom stereocenters. The fourth-order valence-corrected chi connectivity index (χ4v) is 1.24. The molecule has 0 bridgehead atoms. The van der Waals surface area contributed by atoms with Crippen molar-refractivity contribution in [3.63, 3.8) is 0 Å². The summed E-state index contributed by atoms with van der Waals surface area (Å²) in [4.78, 5) is 21.9. The Labute approximate surface area is 71.8 Å². The summed E-state index contributed by atoms with van der Waals surface area (Å²) in [6, 6.07) is 0. The molecule has 1 aliphatic carbocycles. The number of carbonyl (C=O) groups excluding carboxylic acids is 2. The van der Waals surface area contributed by atoms with Gasteiger partial charge in [-0.3, -0.25) is 9.59 Å². The molecular formula is C9H13NO2. The number of rotatable bonds is 1. The van der Waals surface area contributed by atoms with Crippen LogP contribution in [0.25, 0.3) is 0 Å². The summed E-state index contributed by atoms with van der Waals surface area (Å²) in [6.07, 6.45) is 5.23. The van der Waals surface area contributed by atoms with Crippen LogP contribution >= 0.6 is 0 Å². The van der Waals surface area contributed by atoms with Gasteiger partial charge < -0.3 is 5.32 Å². The number of ketones is 1. The van der Waals surface area contributed by atoms with Gasteiger partial charge in [-0.2, -0.15) is 0 Å². The topological polar surface area (TPSA) is 46.2 Å². The first-order valence-corrected chi connectivity index (χ1v) is 4.21. The van der Waals surface area contributed by atoms with Crippen LogP contribution in [0.1, 0.15) is 32.6 Å². The molecule has 0 saturated heterocycles. The van der Waals surface area contributed by atoms with Gasteiger partial charge >= 0.3 is 0 Å². The summed E-state index contributed by atoms with van der Waals surface area (Å²) in [5.41, 5.74) is 0.486. The third kappa shape index (κ3) is 2.49. The van der Waals surface area contributed by atoms with Gasteiger partial charge in [0.25, 0.3) is 0 Å². The molecule has 1 rings (SSSR count). The Bertz CT molecular complexity index is 231. The molecule has 0 fully saturated rings.